The fourth-order valence-electron chi connectivity index (χ4n) is 1.61. The molecule has 1 fully saturated rings. The summed E-state index contributed by atoms with van der Waals surface area (Å²) in [5, 5.41) is 0. The Bertz CT molecular complexity index is 164. The first kappa shape index (κ1) is 13.3. The predicted molar refractivity (Wildman–Crippen MR) is 70.9 cm³/mol. The fraction of sp³-hybridized carbons (Fsp3) is 1.00. The molecule has 1 nitrogen and oxygen atoms in total. The van der Waals surface area contributed by atoms with Crippen LogP contribution < -0.4 is 0 Å². The van der Waals surface area contributed by atoms with Gasteiger partial charge in [0.25, 0.3) is 0 Å². The molecule has 0 aromatic rings. The molecular weight excluding hydrogens is 334 g/mol. The minimum absolute atomic E-state index is 0.102. The van der Waals surface area contributed by atoms with Gasteiger partial charge in [0.2, 0.25) is 0 Å². The van der Waals surface area contributed by atoms with Gasteiger partial charge in [-0.1, -0.05) is 29.0 Å². The summed E-state index contributed by atoms with van der Waals surface area (Å²) in [6.07, 6.45) is 4.41. The summed E-state index contributed by atoms with van der Waals surface area (Å²) in [6, 6.07) is 0. The van der Waals surface area contributed by atoms with Gasteiger partial charge < -0.3 is 4.74 Å². The Morgan fingerprint density at radius 1 is 1.36 bits per heavy atom. The average molecular weight is 351 g/mol. The zero-order valence-corrected chi connectivity index (χ0v) is 12.1. The molecule has 0 amide bonds. The number of hydrogen-bond donors (Lipinski definition) is 0. The van der Waals surface area contributed by atoms with E-state index in [1.807, 2.05) is 0 Å². The molecule has 84 valence electrons. The third kappa shape index (κ3) is 3.69. The Hall–Kier alpha value is 1.27. The van der Waals surface area contributed by atoms with E-state index in [4.69, 9.17) is 27.9 Å². The van der Waals surface area contributed by atoms with Gasteiger partial charge in [-0.25, -0.2) is 0 Å². The van der Waals surface area contributed by atoms with Crippen molar-refractivity contribution in [3.8, 4) is 0 Å². The molecule has 1 aliphatic rings. The standard InChI is InChI=1S/C10H17Cl2IO/c1-7(8-3-2-4-8)14-10(6-12)9(13)5-11/h7-10H,2-6H2,1H3. The van der Waals surface area contributed by atoms with Gasteiger partial charge in [-0.05, 0) is 25.7 Å². The molecule has 0 aliphatic heterocycles. The van der Waals surface area contributed by atoms with Crippen LogP contribution in [0.4, 0.5) is 0 Å². The lowest BCUT2D eigenvalue weighted by Gasteiger charge is -2.34. The first-order valence-corrected chi connectivity index (χ1v) is 7.42. The van der Waals surface area contributed by atoms with Crippen molar-refractivity contribution in [1.82, 2.24) is 0 Å². The van der Waals surface area contributed by atoms with E-state index in [2.05, 4.69) is 29.5 Å². The van der Waals surface area contributed by atoms with E-state index in [0.717, 1.165) is 5.92 Å². The fourth-order valence-corrected chi connectivity index (χ4v) is 2.82. The summed E-state index contributed by atoms with van der Waals surface area (Å²) in [4.78, 5) is 0. The molecule has 0 saturated heterocycles. The smallest absolute Gasteiger partial charge is 0.0843 e. The molecular formula is C10H17Cl2IO. The minimum atomic E-state index is 0.102. The number of rotatable bonds is 6. The molecule has 0 aromatic heterocycles. The Kier molecular flexibility index (Phi) is 6.45. The van der Waals surface area contributed by atoms with Crippen molar-refractivity contribution in [2.24, 2.45) is 5.92 Å². The lowest BCUT2D eigenvalue weighted by atomic mass is 9.81. The molecule has 0 heterocycles. The molecule has 0 N–H and O–H groups in total. The topological polar surface area (TPSA) is 9.23 Å². The van der Waals surface area contributed by atoms with Crippen molar-refractivity contribution in [3.05, 3.63) is 0 Å². The summed E-state index contributed by atoms with van der Waals surface area (Å²) < 4.78 is 6.25. The lowest BCUT2D eigenvalue weighted by molar-refractivity contribution is -0.0388. The number of ether oxygens (including phenoxy) is 1. The quantitative estimate of drug-likeness (QED) is 0.522. The molecule has 0 aromatic carbocycles. The second kappa shape index (κ2) is 6.77. The molecule has 0 spiro atoms. The summed E-state index contributed by atoms with van der Waals surface area (Å²) in [7, 11) is 0. The highest BCUT2D eigenvalue weighted by Gasteiger charge is 2.28. The molecule has 0 radical (unpaired) electrons. The van der Waals surface area contributed by atoms with Gasteiger partial charge in [0.15, 0.2) is 0 Å². The Labute approximate surface area is 110 Å². The van der Waals surface area contributed by atoms with Gasteiger partial charge in [0.05, 0.1) is 16.1 Å². The maximum Gasteiger partial charge on any atom is 0.0843 e. The first-order valence-electron chi connectivity index (χ1n) is 5.10. The van der Waals surface area contributed by atoms with Crippen LogP contribution in [0.2, 0.25) is 0 Å². The van der Waals surface area contributed by atoms with Crippen LogP contribution in [0.15, 0.2) is 0 Å². The Morgan fingerprint density at radius 3 is 2.36 bits per heavy atom. The van der Waals surface area contributed by atoms with Crippen LogP contribution >= 0.6 is 45.8 Å². The Balaban J connectivity index is 2.30. The maximum atomic E-state index is 5.93. The second-order valence-electron chi connectivity index (χ2n) is 3.90. The normalized spacial score (nSPS) is 24.0. The number of halogens is 3. The van der Waals surface area contributed by atoms with E-state index in [1.165, 1.54) is 19.3 Å². The highest BCUT2D eigenvalue weighted by molar-refractivity contribution is 14.1. The first-order chi connectivity index (χ1) is 6.69. The average Bonchev–Trinajstić information content (AvgIpc) is 2.10. The second-order valence-corrected chi connectivity index (χ2v) is 6.11. The van der Waals surface area contributed by atoms with Gasteiger partial charge >= 0.3 is 0 Å². The molecule has 14 heavy (non-hydrogen) atoms. The summed E-state index contributed by atoms with van der Waals surface area (Å²) >= 11 is 14.0. The monoisotopic (exact) mass is 350 g/mol. The van der Waals surface area contributed by atoms with E-state index in [1.54, 1.807) is 0 Å². The zero-order valence-electron chi connectivity index (χ0n) is 8.39. The molecule has 4 heteroatoms. The van der Waals surface area contributed by atoms with Crippen LogP contribution in [-0.2, 0) is 4.74 Å². The van der Waals surface area contributed by atoms with Crippen LogP contribution in [0, 0.1) is 5.92 Å². The van der Waals surface area contributed by atoms with Gasteiger partial charge in [0.1, 0.15) is 0 Å². The van der Waals surface area contributed by atoms with E-state index < -0.39 is 0 Å². The van der Waals surface area contributed by atoms with Crippen LogP contribution in [0.5, 0.6) is 0 Å². The highest BCUT2D eigenvalue weighted by atomic mass is 127. The van der Waals surface area contributed by atoms with Gasteiger partial charge in [-0.2, -0.15) is 0 Å². The zero-order chi connectivity index (χ0) is 10.6. The highest BCUT2D eigenvalue weighted by Crippen LogP contribution is 2.32. The third-order valence-corrected chi connectivity index (χ3v) is 5.31. The van der Waals surface area contributed by atoms with Crippen molar-refractivity contribution in [2.75, 3.05) is 11.8 Å². The van der Waals surface area contributed by atoms with Crippen molar-refractivity contribution in [2.45, 2.75) is 42.3 Å². The van der Waals surface area contributed by atoms with E-state index in [0.29, 0.717) is 21.8 Å². The van der Waals surface area contributed by atoms with E-state index >= 15 is 0 Å². The van der Waals surface area contributed by atoms with Crippen LogP contribution in [0.3, 0.4) is 0 Å². The Morgan fingerprint density at radius 2 is 2.00 bits per heavy atom. The molecule has 0 bridgehead atoms. The summed E-state index contributed by atoms with van der Waals surface area (Å²) in [6.45, 7) is 2.15. The number of hydrogen-bond acceptors (Lipinski definition) is 1. The molecule has 3 atom stereocenters. The van der Waals surface area contributed by atoms with Crippen molar-refractivity contribution < 1.29 is 4.74 Å². The minimum Gasteiger partial charge on any atom is -0.373 e. The SMILES string of the molecule is CC(OC(CCl)C(I)CCl)C1CCC1. The van der Waals surface area contributed by atoms with Crippen molar-refractivity contribution in [3.63, 3.8) is 0 Å². The van der Waals surface area contributed by atoms with Gasteiger partial charge in [-0.3, -0.25) is 0 Å². The van der Waals surface area contributed by atoms with Gasteiger partial charge in [0, 0.05) is 11.8 Å². The largest absolute Gasteiger partial charge is 0.373 e. The van der Waals surface area contributed by atoms with Crippen molar-refractivity contribution >= 4 is 45.8 Å². The molecule has 3 unspecified atom stereocenters. The molecule has 1 aliphatic carbocycles. The third-order valence-electron chi connectivity index (χ3n) is 2.91. The van der Waals surface area contributed by atoms with Crippen LogP contribution in [0.25, 0.3) is 0 Å². The van der Waals surface area contributed by atoms with Crippen molar-refractivity contribution in [1.29, 1.82) is 0 Å². The lowest BCUT2D eigenvalue weighted by Crippen LogP contribution is -2.36. The molecule has 1 saturated carbocycles. The van der Waals surface area contributed by atoms with E-state index in [-0.39, 0.29) is 6.10 Å². The van der Waals surface area contributed by atoms with Gasteiger partial charge in [-0.15, -0.1) is 23.2 Å². The number of alkyl halides is 3. The van der Waals surface area contributed by atoms with Crippen LogP contribution in [-0.4, -0.2) is 27.9 Å². The summed E-state index contributed by atoms with van der Waals surface area (Å²) in [5.41, 5.74) is 0. The summed E-state index contributed by atoms with van der Waals surface area (Å²) in [5.74, 6) is 1.90. The predicted octanol–water partition coefficient (Wildman–Crippen LogP) is 3.84. The van der Waals surface area contributed by atoms with E-state index in [9.17, 15) is 0 Å². The van der Waals surface area contributed by atoms with Crippen LogP contribution in [0.1, 0.15) is 26.2 Å². The maximum absolute atomic E-state index is 5.93. The molecule has 1 rings (SSSR count).